The number of phenolic OH excluding ortho intramolecular Hbond substituents is 2. The van der Waals surface area contributed by atoms with E-state index in [9.17, 15) is 15.0 Å². The van der Waals surface area contributed by atoms with E-state index in [4.69, 9.17) is 4.74 Å². The molecule has 0 unspecified atom stereocenters. The van der Waals surface area contributed by atoms with E-state index in [1.165, 1.54) is 11.6 Å². The summed E-state index contributed by atoms with van der Waals surface area (Å²) in [6.07, 6.45) is 4.99. The number of carbonyl (C=O) groups is 1. The van der Waals surface area contributed by atoms with Crippen LogP contribution in [-0.4, -0.2) is 16.0 Å². The van der Waals surface area contributed by atoms with Gasteiger partial charge in [0.05, 0.1) is 0 Å². The highest BCUT2D eigenvalue weighted by molar-refractivity contribution is 6.16. The second-order valence-electron chi connectivity index (χ2n) is 5.62. The van der Waals surface area contributed by atoms with Gasteiger partial charge in [-0.25, -0.2) is 0 Å². The minimum atomic E-state index is -0.382. The SMILES string of the molecule is CCCCc1ccc(/C=C2\Oc3cc(O)cc(O)c3C2=O)cc1. The first-order valence-electron chi connectivity index (χ1n) is 7.67. The second-order valence-corrected chi connectivity index (χ2v) is 5.62. The highest BCUT2D eigenvalue weighted by Gasteiger charge is 2.31. The molecule has 0 saturated heterocycles. The number of ether oxygens (including phenoxy) is 1. The van der Waals surface area contributed by atoms with E-state index in [1.807, 2.05) is 24.3 Å². The van der Waals surface area contributed by atoms with Gasteiger partial charge in [-0.3, -0.25) is 4.79 Å². The maximum atomic E-state index is 12.3. The minimum absolute atomic E-state index is 0.0913. The van der Waals surface area contributed by atoms with E-state index in [0.717, 1.165) is 30.9 Å². The monoisotopic (exact) mass is 310 g/mol. The molecule has 23 heavy (non-hydrogen) atoms. The summed E-state index contributed by atoms with van der Waals surface area (Å²) in [5, 5.41) is 19.3. The molecule has 118 valence electrons. The lowest BCUT2D eigenvalue weighted by atomic mass is 10.0. The molecule has 0 spiro atoms. The van der Waals surface area contributed by atoms with Crippen molar-refractivity contribution in [3.63, 3.8) is 0 Å². The normalized spacial score (nSPS) is 14.8. The zero-order chi connectivity index (χ0) is 16.4. The fourth-order valence-corrected chi connectivity index (χ4v) is 2.59. The van der Waals surface area contributed by atoms with Gasteiger partial charge in [-0.1, -0.05) is 37.6 Å². The Balaban J connectivity index is 1.84. The van der Waals surface area contributed by atoms with Crippen molar-refractivity contribution in [2.24, 2.45) is 0 Å². The number of hydrogen-bond acceptors (Lipinski definition) is 4. The van der Waals surface area contributed by atoms with Gasteiger partial charge < -0.3 is 14.9 Å². The predicted octanol–water partition coefficient (Wildman–Crippen LogP) is 4.06. The smallest absolute Gasteiger partial charge is 0.235 e. The van der Waals surface area contributed by atoms with E-state index in [2.05, 4.69) is 6.92 Å². The number of rotatable bonds is 4. The summed E-state index contributed by atoms with van der Waals surface area (Å²) in [4.78, 5) is 12.3. The lowest BCUT2D eigenvalue weighted by Gasteiger charge is -2.02. The molecule has 0 amide bonds. The number of aromatic hydroxyl groups is 2. The number of carbonyl (C=O) groups excluding carboxylic acids is 1. The Morgan fingerprint density at radius 3 is 2.57 bits per heavy atom. The average Bonchev–Trinajstić information content (AvgIpc) is 2.82. The average molecular weight is 310 g/mol. The lowest BCUT2D eigenvalue weighted by molar-refractivity contribution is 0.101. The molecule has 0 atom stereocenters. The molecule has 4 heteroatoms. The van der Waals surface area contributed by atoms with Crippen LogP contribution in [-0.2, 0) is 6.42 Å². The number of fused-ring (bicyclic) bond motifs is 1. The minimum Gasteiger partial charge on any atom is -0.508 e. The molecular formula is C19H18O4. The number of hydrogen-bond donors (Lipinski definition) is 2. The molecule has 2 aromatic carbocycles. The third kappa shape index (κ3) is 3.06. The van der Waals surface area contributed by atoms with E-state index in [-0.39, 0.29) is 34.4 Å². The third-order valence-electron chi connectivity index (χ3n) is 3.83. The van der Waals surface area contributed by atoms with Crippen LogP contribution in [0.25, 0.3) is 6.08 Å². The maximum absolute atomic E-state index is 12.3. The summed E-state index contributed by atoms with van der Waals surface area (Å²) in [5.74, 6) is -0.480. The van der Waals surface area contributed by atoms with Crippen molar-refractivity contribution in [3.8, 4) is 17.2 Å². The van der Waals surface area contributed by atoms with Crippen molar-refractivity contribution < 1.29 is 19.7 Å². The Morgan fingerprint density at radius 1 is 1.13 bits per heavy atom. The number of allylic oxidation sites excluding steroid dienone is 1. The maximum Gasteiger partial charge on any atom is 0.235 e. The first-order valence-corrected chi connectivity index (χ1v) is 7.67. The van der Waals surface area contributed by atoms with Crippen LogP contribution in [0.2, 0.25) is 0 Å². The van der Waals surface area contributed by atoms with Gasteiger partial charge >= 0.3 is 0 Å². The first kappa shape index (κ1) is 15.2. The number of ketones is 1. The molecule has 0 radical (unpaired) electrons. The van der Waals surface area contributed by atoms with Crippen LogP contribution < -0.4 is 4.74 Å². The topological polar surface area (TPSA) is 66.8 Å². The van der Waals surface area contributed by atoms with Gasteiger partial charge in [-0.2, -0.15) is 0 Å². The summed E-state index contributed by atoms with van der Waals surface area (Å²) in [5.41, 5.74) is 2.21. The molecule has 0 saturated carbocycles. The highest BCUT2D eigenvalue weighted by Crippen LogP contribution is 2.40. The lowest BCUT2D eigenvalue weighted by Crippen LogP contribution is -1.98. The van der Waals surface area contributed by atoms with Crippen molar-refractivity contribution in [1.29, 1.82) is 0 Å². The van der Waals surface area contributed by atoms with E-state index in [1.54, 1.807) is 6.08 Å². The van der Waals surface area contributed by atoms with E-state index >= 15 is 0 Å². The fourth-order valence-electron chi connectivity index (χ4n) is 2.59. The standard InChI is InChI=1S/C19H18O4/c1-2-3-4-12-5-7-13(8-6-12)9-17-19(22)18-15(21)10-14(20)11-16(18)23-17/h5-11,20-21H,2-4H2,1H3/b17-9-. The van der Waals surface area contributed by atoms with E-state index < -0.39 is 0 Å². The molecule has 4 nitrogen and oxygen atoms in total. The zero-order valence-electron chi connectivity index (χ0n) is 12.9. The van der Waals surface area contributed by atoms with Crippen LogP contribution in [0.1, 0.15) is 41.3 Å². The molecule has 2 N–H and O–H groups in total. The van der Waals surface area contributed by atoms with Gasteiger partial charge in [0.2, 0.25) is 5.78 Å². The number of Topliss-reactive ketones (excluding diaryl/α,β-unsaturated/α-hetero) is 1. The number of phenols is 2. The molecule has 2 aromatic rings. The summed E-state index contributed by atoms with van der Waals surface area (Å²) in [6, 6.07) is 10.4. The molecule has 0 bridgehead atoms. The molecule has 0 aliphatic carbocycles. The van der Waals surface area contributed by atoms with E-state index in [0.29, 0.717) is 0 Å². The van der Waals surface area contributed by atoms with Crippen LogP contribution in [0.4, 0.5) is 0 Å². The van der Waals surface area contributed by atoms with Gasteiger partial charge in [0, 0.05) is 12.1 Å². The molecule has 1 aliphatic heterocycles. The molecule has 3 rings (SSSR count). The molecule has 1 aliphatic rings. The summed E-state index contributed by atoms with van der Waals surface area (Å²) >= 11 is 0. The molecule has 1 heterocycles. The molecule has 0 aromatic heterocycles. The van der Waals surface area contributed by atoms with Crippen LogP contribution in [0.5, 0.6) is 17.2 Å². The Labute approximate surface area is 134 Å². The summed E-state index contributed by atoms with van der Waals surface area (Å²) in [6.45, 7) is 2.16. The van der Waals surface area contributed by atoms with Gasteiger partial charge in [0.1, 0.15) is 22.8 Å². The molecular weight excluding hydrogens is 292 g/mol. The summed E-state index contributed by atoms with van der Waals surface area (Å²) in [7, 11) is 0. The van der Waals surface area contributed by atoms with Crippen molar-refractivity contribution in [3.05, 3.63) is 58.8 Å². The van der Waals surface area contributed by atoms with Gasteiger partial charge in [0.15, 0.2) is 5.76 Å². The van der Waals surface area contributed by atoms with Crippen LogP contribution >= 0.6 is 0 Å². The van der Waals surface area contributed by atoms with Crippen LogP contribution in [0.3, 0.4) is 0 Å². The Morgan fingerprint density at radius 2 is 1.87 bits per heavy atom. The Hall–Kier alpha value is -2.75. The third-order valence-corrected chi connectivity index (χ3v) is 3.83. The van der Waals surface area contributed by atoms with Crippen molar-refractivity contribution in [1.82, 2.24) is 0 Å². The van der Waals surface area contributed by atoms with Crippen LogP contribution in [0.15, 0.2) is 42.2 Å². The second kappa shape index (κ2) is 6.16. The van der Waals surface area contributed by atoms with Crippen molar-refractivity contribution in [2.45, 2.75) is 26.2 Å². The molecule has 0 fully saturated rings. The Bertz CT molecular complexity index is 773. The van der Waals surface area contributed by atoms with Crippen molar-refractivity contribution >= 4 is 11.9 Å². The van der Waals surface area contributed by atoms with Crippen LogP contribution in [0, 0.1) is 0 Å². The zero-order valence-corrected chi connectivity index (χ0v) is 12.9. The first-order chi connectivity index (χ1) is 11.1. The van der Waals surface area contributed by atoms with Gasteiger partial charge in [-0.05, 0) is 30.0 Å². The van der Waals surface area contributed by atoms with Crippen molar-refractivity contribution in [2.75, 3.05) is 0 Å². The Kier molecular flexibility index (Phi) is 4.06. The largest absolute Gasteiger partial charge is 0.508 e. The predicted molar refractivity (Wildman–Crippen MR) is 87.8 cm³/mol. The number of benzene rings is 2. The number of aryl methyl sites for hydroxylation is 1. The summed E-state index contributed by atoms with van der Waals surface area (Å²) < 4.78 is 5.47. The number of unbranched alkanes of at least 4 members (excludes halogenated alkanes) is 1. The quantitative estimate of drug-likeness (QED) is 0.836. The fraction of sp³-hybridized carbons (Fsp3) is 0.211. The van der Waals surface area contributed by atoms with Gasteiger partial charge in [0.25, 0.3) is 0 Å². The van der Waals surface area contributed by atoms with Gasteiger partial charge in [-0.15, -0.1) is 0 Å². The highest BCUT2D eigenvalue weighted by atomic mass is 16.5.